The Balaban J connectivity index is 2.93. The first-order chi connectivity index (χ1) is 7.56. The Labute approximate surface area is 95.1 Å². The number of para-hydroxylation sites is 1. The molecule has 0 heterocycles. The van der Waals surface area contributed by atoms with E-state index in [-0.39, 0.29) is 12.6 Å². The molecule has 90 valence electrons. The minimum Gasteiger partial charge on any atom is -0.369 e. The SMILES string of the molecule is CC[C@@H](N)c1ccccc1N(C)CC(F)F. The maximum Gasteiger partial charge on any atom is 0.255 e. The summed E-state index contributed by atoms with van der Waals surface area (Å²) in [4.78, 5) is 1.55. The third-order valence-electron chi connectivity index (χ3n) is 2.60. The molecule has 16 heavy (non-hydrogen) atoms. The van der Waals surface area contributed by atoms with Crippen LogP contribution in [-0.2, 0) is 0 Å². The highest BCUT2D eigenvalue weighted by atomic mass is 19.3. The summed E-state index contributed by atoms with van der Waals surface area (Å²) in [5.74, 6) is 0. The molecule has 1 aromatic rings. The van der Waals surface area contributed by atoms with Gasteiger partial charge in [-0.1, -0.05) is 25.1 Å². The van der Waals surface area contributed by atoms with Crippen molar-refractivity contribution in [1.82, 2.24) is 0 Å². The molecule has 0 aromatic heterocycles. The number of nitrogens with two attached hydrogens (primary N) is 1. The van der Waals surface area contributed by atoms with Crippen LogP contribution in [0.3, 0.4) is 0 Å². The zero-order chi connectivity index (χ0) is 12.1. The Bertz CT molecular complexity index is 329. The van der Waals surface area contributed by atoms with Crippen LogP contribution >= 0.6 is 0 Å². The number of hydrogen-bond donors (Lipinski definition) is 1. The van der Waals surface area contributed by atoms with Crippen molar-refractivity contribution in [2.24, 2.45) is 5.73 Å². The highest BCUT2D eigenvalue weighted by Gasteiger charge is 2.14. The highest BCUT2D eigenvalue weighted by Crippen LogP contribution is 2.26. The van der Waals surface area contributed by atoms with E-state index in [4.69, 9.17) is 5.73 Å². The lowest BCUT2D eigenvalue weighted by Gasteiger charge is -2.24. The Morgan fingerprint density at radius 3 is 2.50 bits per heavy atom. The van der Waals surface area contributed by atoms with E-state index in [9.17, 15) is 8.78 Å². The predicted molar refractivity (Wildman–Crippen MR) is 62.9 cm³/mol. The molecular weight excluding hydrogens is 210 g/mol. The van der Waals surface area contributed by atoms with Crippen LogP contribution in [0.2, 0.25) is 0 Å². The van der Waals surface area contributed by atoms with Crippen molar-refractivity contribution in [2.45, 2.75) is 25.8 Å². The average molecular weight is 228 g/mol. The summed E-state index contributed by atoms with van der Waals surface area (Å²) in [6.45, 7) is 1.71. The predicted octanol–water partition coefficient (Wildman–Crippen LogP) is 2.80. The lowest BCUT2D eigenvalue weighted by Crippen LogP contribution is -2.26. The van der Waals surface area contributed by atoms with Gasteiger partial charge in [-0.05, 0) is 18.1 Å². The molecule has 0 spiro atoms. The van der Waals surface area contributed by atoms with Crippen molar-refractivity contribution in [2.75, 3.05) is 18.5 Å². The molecule has 0 aliphatic carbocycles. The van der Waals surface area contributed by atoms with Gasteiger partial charge in [-0.3, -0.25) is 0 Å². The van der Waals surface area contributed by atoms with Crippen LogP contribution in [0.5, 0.6) is 0 Å². The van der Waals surface area contributed by atoms with Gasteiger partial charge in [-0.25, -0.2) is 8.78 Å². The van der Waals surface area contributed by atoms with E-state index in [2.05, 4.69) is 0 Å². The van der Waals surface area contributed by atoms with Gasteiger partial charge in [0, 0.05) is 18.8 Å². The summed E-state index contributed by atoms with van der Waals surface area (Å²) in [6, 6.07) is 7.34. The minimum atomic E-state index is -2.34. The van der Waals surface area contributed by atoms with Gasteiger partial charge in [0.1, 0.15) is 0 Å². The molecule has 0 radical (unpaired) electrons. The second-order valence-electron chi connectivity index (χ2n) is 3.85. The molecule has 1 atom stereocenters. The third-order valence-corrected chi connectivity index (χ3v) is 2.60. The Kier molecular flexibility index (Phi) is 4.68. The van der Waals surface area contributed by atoms with E-state index >= 15 is 0 Å². The van der Waals surface area contributed by atoms with E-state index in [1.807, 2.05) is 31.2 Å². The largest absolute Gasteiger partial charge is 0.369 e. The van der Waals surface area contributed by atoms with Crippen LogP contribution in [0.15, 0.2) is 24.3 Å². The first-order valence-electron chi connectivity index (χ1n) is 5.40. The van der Waals surface area contributed by atoms with Crippen LogP contribution in [0.4, 0.5) is 14.5 Å². The second-order valence-corrected chi connectivity index (χ2v) is 3.85. The van der Waals surface area contributed by atoms with Gasteiger partial charge in [0.2, 0.25) is 0 Å². The fourth-order valence-corrected chi connectivity index (χ4v) is 1.67. The molecule has 1 aromatic carbocycles. The lowest BCUT2D eigenvalue weighted by atomic mass is 10.0. The fourth-order valence-electron chi connectivity index (χ4n) is 1.67. The first kappa shape index (κ1) is 12.9. The van der Waals surface area contributed by atoms with E-state index in [1.165, 1.54) is 0 Å². The van der Waals surface area contributed by atoms with Gasteiger partial charge in [-0.15, -0.1) is 0 Å². The quantitative estimate of drug-likeness (QED) is 0.839. The lowest BCUT2D eigenvalue weighted by molar-refractivity contribution is 0.156. The topological polar surface area (TPSA) is 29.3 Å². The molecule has 1 rings (SSSR count). The van der Waals surface area contributed by atoms with Crippen molar-refractivity contribution in [3.05, 3.63) is 29.8 Å². The number of rotatable bonds is 5. The monoisotopic (exact) mass is 228 g/mol. The Morgan fingerprint density at radius 2 is 1.94 bits per heavy atom. The maximum absolute atomic E-state index is 12.3. The van der Waals surface area contributed by atoms with Gasteiger partial charge in [-0.2, -0.15) is 0 Å². The van der Waals surface area contributed by atoms with Crippen LogP contribution in [0.25, 0.3) is 0 Å². The molecule has 0 saturated heterocycles. The van der Waals surface area contributed by atoms with Crippen LogP contribution in [0.1, 0.15) is 24.9 Å². The molecule has 0 amide bonds. The van der Waals surface area contributed by atoms with Gasteiger partial charge < -0.3 is 10.6 Å². The second kappa shape index (κ2) is 5.80. The standard InChI is InChI=1S/C12H18F2N2/c1-3-10(15)9-6-4-5-7-11(9)16(2)8-12(13)14/h4-7,10,12H,3,8,15H2,1-2H3/t10-/m1/s1. The Hall–Kier alpha value is -1.16. The molecule has 0 bridgehead atoms. The fraction of sp³-hybridized carbons (Fsp3) is 0.500. The summed E-state index contributed by atoms with van der Waals surface area (Å²) in [7, 11) is 1.66. The summed E-state index contributed by atoms with van der Waals surface area (Å²) >= 11 is 0. The normalized spacial score (nSPS) is 12.9. The summed E-state index contributed by atoms with van der Waals surface area (Å²) in [6.07, 6.45) is -1.55. The van der Waals surface area contributed by atoms with Crippen LogP contribution in [0, 0.1) is 0 Å². The zero-order valence-corrected chi connectivity index (χ0v) is 9.66. The molecule has 0 unspecified atom stereocenters. The molecule has 2 nitrogen and oxygen atoms in total. The van der Waals surface area contributed by atoms with Crippen LogP contribution in [-0.4, -0.2) is 20.0 Å². The van der Waals surface area contributed by atoms with E-state index in [0.717, 1.165) is 17.7 Å². The van der Waals surface area contributed by atoms with Gasteiger partial charge in [0.15, 0.2) is 0 Å². The Morgan fingerprint density at radius 1 is 1.31 bits per heavy atom. The van der Waals surface area contributed by atoms with Crippen molar-refractivity contribution in [1.29, 1.82) is 0 Å². The molecule has 0 fully saturated rings. The zero-order valence-electron chi connectivity index (χ0n) is 9.66. The van der Waals surface area contributed by atoms with Crippen molar-refractivity contribution >= 4 is 5.69 Å². The number of alkyl halides is 2. The number of halogens is 2. The maximum atomic E-state index is 12.3. The smallest absolute Gasteiger partial charge is 0.255 e. The van der Waals surface area contributed by atoms with Crippen molar-refractivity contribution in [3.63, 3.8) is 0 Å². The molecule has 0 saturated carbocycles. The first-order valence-corrected chi connectivity index (χ1v) is 5.40. The van der Waals surface area contributed by atoms with Crippen molar-refractivity contribution in [3.8, 4) is 0 Å². The molecule has 0 aliphatic rings. The van der Waals surface area contributed by atoms with Gasteiger partial charge in [0.25, 0.3) is 6.43 Å². The molecular formula is C12H18F2N2. The average Bonchev–Trinajstić information content (AvgIpc) is 2.27. The van der Waals surface area contributed by atoms with Crippen molar-refractivity contribution < 1.29 is 8.78 Å². The summed E-state index contributed by atoms with van der Waals surface area (Å²) in [5.41, 5.74) is 7.66. The molecule has 4 heteroatoms. The van der Waals surface area contributed by atoms with E-state index in [0.29, 0.717) is 0 Å². The number of benzene rings is 1. The molecule has 0 aliphatic heterocycles. The third kappa shape index (κ3) is 3.17. The summed E-state index contributed by atoms with van der Waals surface area (Å²) < 4.78 is 24.6. The number of hydrogen-bond acceptors (Lipinski definition) is 2. The van der Waals surface area contributed by atoms with Gasteiger partial charge >= 0.3 is 0 Å². The summed E-state index contributed by atoms with van der Waals surface area (Å²) in [5, 5.41) is 0. The van der Waals surface area contributed by atoms with Gasteiger partial charge in [0.05, 0.1) is 6.54 Å². The minimum absolute atomic E-state index is 0.101. The van der Waals surface area contributed by atoms with E-state index in [1.54, 1.807) is 11.9 Å². The highest BCUT2D eigenvalue weighted by molar-refractivity contribution is 5.54. The van der Waals surface area contributed by atoms with E-state index < -0.39 is 6.43 Å². The number of nitrogens with zero attached hydrogens (tertiary/aromatic N) is 1. The number of anilines is 1. The van der Waals surface area contributed by atoms with Crippen LogP contribution < -0.4 is 10.6 Å². The molecule has 2 N–H and O–H groups in total.